The van der Waals surface area contributed by atoms with Gasteiger partial charge in [0.15, 0.2) is 5.41 Å². The van der Waals surface area contributed by atoms with E-state index in [1.54, 1.807) is 0 Å². The number of carbonyl (C=O) groups excluding carboxylic acids is 1. The predicted molar refractivity (Wildman–Crippen MR) is 82.0 cm³/mol. The molecular formula is C17H30O4. The summed E-state index contributed by atoms with van der Waals surface area (Å²) in [6.45, 7) is 4.80. The number of unbranched alkanes of at least 4 members (excludes halogenated alkanes) is 3. The second-order valence-corrected chi connectivity index (χ2v) is 6.68. The van der Waals surface area contributed by atoms with Gasteiger partial charge in [-0.25, -0.2) is 0 Å². The van der Waals surface area contributed by atoms with Crippen LogP contribution in [0.15, 0.2) is 0 Å². The van der Waals surface area contributed by atoms with Crippen LogP contribution in [0.5, 0.6) is 0 Å². The van der Waals surface area contributed by atoms with E-state index in [9.17, 15) is 14.7 Å². The average molecular weight is 298 g/mol. The lowest BCUT2D eigenvalue weighted by Crippen LogP contribution is -2.42. The van der Waals surface area contributed by atoms with E-state index in [1.807, 2.05) is 0 Å². The molecule has 0 amide bonds. The molecule has 0 atom stereocenters. The quantitative estimate of drug-likeness (QED) is 0.394. The lowest BCUT2D eigenvalue weighted by molar-refractivity contribution is -0.171. The van der Waals surface area contributed by atoms with Crippen molar-refractivity contribution in [2.75, 3.05) is 6.61 Å². The molecule has 1 fully saturated rings. The van der Waals surface area contributed by atoms with Gasteiger partial charge in [-0.3, -0.25) is 9.59 Å². The number of aliphatic carboxylic acids is 1. The van der Waals surface area contributed by atoms with Gasteiger partial charge >= 0.3 is 11.9 Å². The third kappa shape index (κ3) is 5.68. The van der Waals surface area contributed by atoms with E-state index >= 15 is 0 Å². The molecule has 1 rings (SSSR count). The highest BCUT2D eigenvalue weighted by molar-refractivity contribution is 5.99. The van der Waals surface area contributed by atoms with E-state index in [0.717, 1.165) is 44.4 Å². The SMILES string of the molecule is CC(C)CCCCCCOC(=O)C1(C(=O)O)CCCCC1. The molecule has 1 aliphatic carbocycles. The molecule has 0 heterocycles. The molecule has 1 aliphatic rings. The van der Waals surface area contributed by atoms with Crippen LogP contribution in [-0.4, -0.2) is 23.7 Å². The molecule has 0 aromatic heterocycles. The number of esters is 1. The van der Waals surface area contributed by atoms with Crippen molar-refractivity contribution in [3.63, 3.8) is 0 Å². The van der Waals surface area contributed by atoms with Gasteiger partial charge in [-0.05, 0) is 25.2 Å². The second kappa shape index (κ2) is 9.06. The first-order valence-corrected chi connectivity index (χ1v) is 8.39. The summed E-state index contributed by atoms with van der Waals surface area (Å²) in [5.74, 6) is -0.787. The summed E-state index contributed by atoms with van der Waals surface area (Å²) in [4.78, 5) is 23.6. The summed E-state index contributed by atoms with van der Waals surface area (Å²) in [5.41, 5.74) is -1.27. The van der Waals surface area contributed by atoms with Crippen LogP contribution in [-0.2, 0) is 14.3 Å². The molecule has 0 aliphatic heterocycles. The normalized spacial score (nSPS) is 17.7. The van der Waals surface area contributed by atoms with Crippen molar-refractivity contribution in [1.82, 2.24) is 0 Å². The van der Waals surface area contributed by atoms with Crippen LogP contribution < -0.4 is 0 Å². The van der Waals surface area contributed by atoms with Crippen LogP contribution in [0.2, 0.25) is 0 Å². The molecule has 0 saturated heterocycles. The fourth-order valence-corrected chi connectivity index (χ4v) is 2.97. The average Bonchev–Trinajstić information content (AvgIpc) is 2.46. The van der Waals surface area contributed by atoms with Gasteiger partial charge in [-0.1, -0.05) is 58.8 Å². The van der Waals surface area contributed by atoms with Crippen LogP contribution in [0.4, 0.5) is 0 Å². The zero-order valence-corrected chi connectivity index (χ0v) is 13.5. The Labute approximate surface area is 128 Å². The van der Waals surface area contributed by atoms with E-state index in [-0.39, 0.29) is 0 Å². The molecule has 0 bridgehead atoms. The molecule has 0 spiro atoms. The summed E-state index contributed by atoms with van der Waals surface area (Å²) in [7, 11) is 0. The van der Waals surface area contributed by atoms with Gasteiger partial charge in [0.1, 0.15) is 0 Å². The lowest BCUT2D eigenvalue weighted by Gasteiger charge is -2.30. The summed E-state index contributed by atoms with van der Waals surface area (Å²) < 4.78 is 5.25. The maximum Gasteiger partial charge on any atom is 0.323 e. The number of carboxylic acid groups (broad SMARTS) is 1. The molecule has 4 nitrogen and oxygen atoms in total. The standard InChI is InChI=1S/C17H30O4/c1-14(2)10-6-3-4-9-13-21-16(20)17(15(18)19)11-7-5-8-12-17/h14H,3-13H2,1-2H3,(H,18,19). The molecule has 1 N–H and O–H groups in total. The third-order valence-electron chi connectivity index (χ3n) is 4.42. The Morgan fingerprint density at radius 2 is 1.67 bits per heavy atom. The Hall–Kier alpha value is -1.06. The summed E-state index contributed by atoms with van der Waals surface area (Å²) >= 11 is 0. The van der Waals surface area contributed by atoms with Gasteiger partial charge in [-0.2, -0.15) is 0 Å². The summed E-state index contributed by atoms with van der Waals surface area (Å²) in [6, 6.07) is 0. The van der Waals surface area contributed by atoms with Crippen molar-refractivity contribution < 1.29 is 19.4 Å². The van der Waals surface area contributed by atoms with Crippen LogP contribution in [0.3, 0.4) is 0 Å². The number of rotatable bonds is 9. The van der Waals surface area contributed by atoms with Crippen molar-refractivity contribution in [3.8, 4) is 0 Å². The minimum absolute atomic E-state index is 0.357. The second-order valence-electron chi connectivity index (χ2n) is 6.68. The number of hydrogen-bond donors (Lipinski definition) is 1. The van der Waals surface area contributed by atoms with Crippen LogP contribution in [0.25, 0.3) is 0 Å². The molecule has 0 aromatic rings. The van der Waals surface area contributed by atoms with Gasteiger partial charge in [0.2, 0.25) is 0 Å². The maximum atomic E-state index is 12.1. The molecule has 0 aromatic carbocycles. The molecule has 0 radical (unpaired) electrons. The first kappa shape index (κ1) is 18.0. The molecule has 1 saturated carbocycles. The predicted octanol–water partition coefficient (Wildman–Crippen LogP) is 4.17. The van der Waals surface area contributed by atoms with Crippen LogP contribution >= 0.6 is 0 Å². The molecular weight excluding hydrogens is 268 g/mol. The van der Waals surface area contributed by atoms with Gasteiger partial charge in [0.05, 0.1) is 6.61 Å². The van der Waals surface area contributed by atoms with Crippen molar-refractivity contribution >= 4 is 11.9 Å². The first-order valence-electron chi connectivity index (χ1n) is 8.39. The smallest absolute Gasteiger partial charge is 0.323 e. The highest BCUT2D eigenvalue weighted by Gasteiger charge is 2.48. The third-order valence-corrected chi connectivity index (χ3v) is 4.42. The summed E-state index contributed by atoms with van der Waals surface area (Å²) in [5, 5.41) is 9.38. The monoisotopic (exact) mass is 298 g/mol. The molecule has 4 heteroatoms. The van der Waals surface area contributed by atoms with E-state index in [0.29, 0.717) is 19.4 Å². The lowest BCUT2D eigenvalue weighted by atomic mass is 9.74. The van der Waals surface area contributed by atoms with Crippen molar-refractivity contribution in [2.24, 2.45) is 11.3 Å². The van der Waals surface area contributed by atoms with Gasteiger partial charge in [0, 0.05) is 0 Å². The van der Waals surface area contributed by atoms with Crippen LogP contribution in [0, 0.1) is 11.3 Å². The molecule has 122 valence electrons. The Balaban J connectivity index is 2.24. The highest BCUT2D eigenvalue weighted by Crippen LogP contribution is 2.37. The van der Waals surface area contributed by atoms with Gasteiger partial charge in [-0.15, -0.1) is 0 Å². The minimum Gasteiger partial charge on any atom is -0.480 e. The molecule has 21 heavy (non-hydrogen) atoms. The Morgan fingerprint density at radius 1 is 1.05 bits per heavy atom. The van der Waals surface area contributed by atoms with Gasteiger partial charge in [0.25, 0.3) is 0 Å². The van der Waals surface area contributed by atoms with E-state index < -0.39 is 17.4 Å². The number of hydrogen-bond acceptors (Lipinski definition) is 3. The van der Waals surface area contributed by atoms with E-state index in [2.05, 4.69) is 13.8 Å². The fraction of sp³-hybridized carbons (Fsp3) is 0.882. The Bertz CT molecular complexity index is 330. The van der Waals surface area contributed by atoms with Crippen LogP contribution in [0.1, 0.15) is 78.1 Å². The van der Waals surface area contributed by atoms with E-state index in [4.69, 9.17) is 4.74 Å². The van der Waals surface area contributed by atoms with Crippen molar-refractivity contribution in [1.29, 1.82) is 0 Å². The first-order chi connectivity index (χ1) is 9.99. The zero-order valence-electron chi connectivity index (χ0n) is 13.5. The van der Waals surface area contributed by atoms with Gasteiger partial charge < -0.3 is 9.84 Å². The number of carbonyl (C=O) groups is 2. The number of carboxylic acids is 1. The highest BCUT2D eigenvalue weighted by atomic mass is 16.5. The van der Waals surface area contributed by atoms with E-state index in [1.165, 1.54) is 12.8 Å². The largest absolute Gasteiger partial charge is 0.480 e. The Morgan fingerprint density at radius 3 is 2.24 bits per heavy atom. The topological polar surface area (TPSA) is 63.6 Å². The zero-order chi connectivity index (χ0) is 15.7. The fourth-order valence-electron chi connectivity index (χ4n) is 2.97. The van der Waals surface area contributed by atoms with Crippen molar-refractivity contribution in [3.05, 3.63) is 0 Å². The number of ether oxygens (including phenoxy) is 1. The van der Waals surface area contributed by atoms with Crippen molar-refractivity contribution in [2.45, 2.75) is 78.1 Å². The minimum atomic E-state index is -1.27. The molecule has 0 unspecified atom stereocenters. The summed E-state index contributed by atoms with van der Waals surface area (Å²) in [6.07, 6.45) is 8.95. The Kier molecular flexibility index (Phi) is 7.76. The maximum absolute atomic E-state index is 12.1.